The number of carbonyl (C=O) groups is 3. The summed E-state index contributed by atoms with van der Waals surface area (Å²) in [4.78, 5) is 44.9. The third-order valence-electron chi connectivity index (χ3n) is 5.99. The molecule has 31 heavy (non-hydrogen) atoms. The van der Waals surface area contributed by atoms with E-state index in [1.54, 1.807) is 33.1 Å². The lowest BCUT2D eigenvalue weighted by molar-refractivity contribution is -0.166. The smallest absolute Gasteiger partial charge is 0.247 e. The third-order valence-corrected chi connectivity index (χ3v) is 6.72. The predicted octanol–water partition coefficient (Wildman–Crippen LogP) is 1.43. The zero-order chi connectivity index (χ0) is 21.8. The van der Waals surface area contributed by atoms with Gasteiger partial charge in [-0.15, -0.1) is 0 Å². The number of hydrogen-bond acceptors (Lipinski definition) is 5. The number of ether oxygens (including phenoxy) is 1. The molecule has 0 saturated carbocycles. The molecule has 0 aliphatic carbocycles. The first-order valence-corrected chi connectivity index (χ1v) is 11.5. The molecule has 2 fully saturated rings. The van der Waals surface area contributed by atoms with E-state index < -0.39 is 12.1 Å². The van der Waals surface area contributed by atoms with Crippen molar-refractivity contribution in [1.29, 1.82) is 0 Å². The second-order valence-corrected chi connectivity index (χ2v) is 8.71. The number of benzene rings is 1. The fourth-order valence-corrected chi connectivity index (χ4v) is 4.99. The number of fused-ring (bicyclic) bond motifs is 1. The molecule has 2 saturated heterocycles. The molecule has 2 aliphatic rings. The SMILES string of the molecule is COCCN1CCN2C(=O)[C@H](Cc3ccccc3)N(C(=O)Cc3ccsc3)C[C@H]2C1=O. The summed E-state index contributed by atoms with van der Waals surface area (Å²) < 4.78 is 5.11. The molecule has 1 aromatic heterocycles. The van der Waals surface area contributed by atoms with Crippen LogP contribution < -0.4 is 0 Å². The van der Waals surface area contributed by atoms with Crippen molar-refractivity contribution < 1.29 is 19.1 Å². The molecule has 3 heterocycles. The normalized spacial score (nSPS) is 21.4. The van der Waals surface area contributed by atoms with Crippen LogP contribution in [0.1, 0.15) is 11.1 Å². The molecule has 164 valence electrons. The fraction of sp³-hybridized carbons (Fsp3) is 0.435. The predicted molar refractivity (Wildman–Crippen MR) is 118 cm³/mol. The fourth-order valence-electron chi connectivity index (χ4n) is 4.32. The van der Waals surface area contributed by atoms with Crippen LogP contribution >= 0.6 is 11.3 Å². The molecule has 8 heteroatoms. The van der Waals surface area contributed by atoms with Gasteiger partial charge >= 0.3 is 0 Å². The highest BCUT2D eigenvalue weighted by Crippen LogP contribution is 2.25. The van der Waals surface area contributed by atoms with Gasteiger partial charge in [0.25, 0.3) is 0 Å². The van der Waals surface area contributed by atoms with Crippen molar-refractivity contribution in [2.24, 2.45) is 0 Å². The number of hydrogen-bond donors (Lipinski definition) is 0. The van der Waals surface area contributed by atoms with E-state index in [0.717, 1.165) is 11.1 Å². The lowest BCUT2D eigenvalue weighted by atomic mass is 9.95. The molecule has 3 amide bonds. The highest BCUT2D eigenvalue weighted by Gasteiger charge is 2.47. The average molecular weight is 442 g/mol. The molecule has 0 radical (unpaired) electrons. The number of rotatable bonds is 7. The first kappa shape index (κ1) is 21.5. The Bertz CT molecular complexity index is 918. The van der Waals surface area contributed by atoms with E-state index in [0.29, 0.717) is 32.7 Å². The van der Waals surface area contributed by atoms with Crippen LogP contribution in [0.4, 0.5) is 0 Å². The van der Waals surface area contributed by atoms with Gasteiger partial charge in [0.05, 0.1) is 19.6 Å². The van der Waals surface area contributed by atoms with E-state index in [9.17, 15) is 14.4 Å². The molecule has 0 bridgehead atoms. The van der Waals surface area contributed by atoms with Crippen molar-refractivity contribution in [3.05, 3.63) is 58.3 Å². The van der Waals surface area contributed by atoms with Gasteiger partial charge in [-0.05, 0) is 28.0 Å². The maximum absolute atomic E-state index is 13.5. The largest absolute Gasteiger partial charge is 0.383 e. The molecule has 7 nitrogen and oxygen atoms in total. The van der Waals surface area contributed by atoms with Gasteiger partial charge in [0.2, 0.25) is 17.7 Å². The Labute approximate surface area is 186 Å². The van der Waals surface area contributed by atoms with Crippen LogP contribution in [0.5, 0.6) is 0 Å². The van der Waals surface area contributed by atoms with E-state index in [-0.39, 0.29) is 30.7 Å². The molecule has 0 N–H and O–H groups in total. The minimum Gasteiger partial charge on any atom is -0.383 e. The van der Waals surface area contributed by atoms with Crippen molar-refractivity contribution >= 4 is 29.1 Å². The summed E-state index contributed by atoms with van der Waals surface area (Å²) in [5.41, 5.74) is 1.93. The summed E-state index contributed by atoms with van der Waals surface area (Å²) in [6, 6.07) is 10.4. The standard InChI is InChI=1S/C23H27N3O4S/c1-30-11-10-24-8-9-25-20(22(24)28)15-26(21(27)14-18-7-12-31-16-18)19(23(25)29)13-17-5-3-2-4-6-17/h2-7,12,16,19-20H,8-11,13-15H2,1H3/t19-,20-/m0/s1. The Morgan fingerprint density at radius 3 is 2.61 bits per heavy atom. The first-order chi connectivity index (χ1) is 15.1. The Morgan fingerprint density at radius 1 is 1.10 bits per heavy atom. The second kappa shape index (κ2) is 9.62. The molecular weight excluding hydrogens is 414 g/mol. The monoisotopic (exact) mass is 441 g/mol. The molecule has 0 unspecified atom stereocenters. The number of carbonyl (C=O) groups excluding carboxylic acids is 3. The van der Waals surface area contributed by atoms with E-state index in [4.69, 9.17) is 4.74 Å². The number of thiophene rings is 1. The molecule has 1 aromatic carbocycles. The van der Waals surface area contributed by atoms with E-state index >= 15 is 0 Å². The lowest BCUT2D eigenvalue weighted by Crippen LogP contribution is -2.71. The second-order valence-electron chi connectivity index (χ2n) is 7.93. The summed E-state index contributed by atoms with van der Waals surface area (Å²) in [6.07, 6.45) is 0.677. The van der Waals surface area contributed by atoms with Gasteiger partial charge in [0.15, 0.2) is 0 Å². The number of methoxy groups -OCH3 is 1. The van der Waals surface area contributed by atoms with Gasteiger partial charge in [0.1, 0.15) is 12.1 Å². The number of nitrogens with zero attached hydrogens (tertiary/aromatic N) is 3. The van der Waals surface area contributed by atoms with Crippen LogP contribution in [0.25, 0.3) is 0 Å². The molecule has 2 aliphatic heterocycles. The highest BCUT2D eigenvalue weighted by atomic mass is 32.1. The van der Waals surface area contributed by atoms with Gasteiger partial charge in [0, 0.05) is 33.2 Å². The summed E-state index contributed by atoms with van der Waals surface area (Å²) in [7, 11) is 1.60. The molecule has 0 spiro atoms. The van der Waals surface area contributed by atoms with Crippen molar-refractivity contribution in [2.45, 2.75) is 24.9 Å². The van der Waals surface area contributed by atoms with Crippen LogP contribution in [0, 0.1) is 0 Å². The molecule has 2 aromatic rings. The summed E-state index contributed by atoms with van der Waals surface area (Å²) in [5, 5.41) is 3.88. The van der Waals surface area contributed by atoms with E-state index in [1.165, 1.54) is 0 Å². The van der Waals surface area contributed by atoms with Crippen LogP contribution in [-0.2, 0) is 32.0 Å². The van der Waals surface area contributed by atoms with E-state index in [2.05, 4.69) is 0 Å². The zero-order valence-corrected chi connectivity index (χ0v) is 18.4. The van der Waals surface area contributed by atoms with Crippen LogP contribution in [-0.4, -0.2) is 84.4 Å². The quantitative estimate of drug-likeness (QED) is 0.652. The molecular formula is C23H27N3O4S. The summed E-state index contributed by atoms with van der Waals surface area (Å²) >= 11 is 1.54. The highest BCUT2D eigenvalue weighted by molar-refractivity contribution is 7.08. The van der Waals surface area contributed by atoms with Crippen LogP contribution in [0.2, 0.25) is 0 Å². The van der Waals surface area contributed by atoms with Crippen molar-refractivity contribution in [2.75, 3.05) is 39.9 Å². The van der Waals surface area contributed by atoms with Crippen molar-refractivity contribution in [3.63, 3.8) is 0 Å². The third kappa shape index (κ3) is 4.65. The topological polar surface area (TPSA) is 70.2 Å². The average Bonchev–Trinajstić information content (AvgIpc) is 3.29. The van der Waals surface area contributed by atoms with Crippen molar-refractivity contribution in [3.8, 4) is 0 Å². The maximum Gasteiger partial charge on any atom is 0.247 e. The number of amides is 3. The molecule has 4 rings (SSSR count). The Balaban J connectivity index is 1.58. The van der Waals surface area contributed by atoms with Gasteiger partial charge in [-0.2, -0.15) is 11.3 Å². The Hall–Kier alpha value is -2.71. The Morgan fingerprint density at radius 2 is 1.90 bits per heavy atom. The van der Waals surface area contributed by atoms with Gasteiger partial charge in [-0.3, -0.25) is 14.4 Å². The maximum atomic E-state index is 13.5. The Kier molecular flexibility index (Phi) is 6.67. The van der Waals surface area contributed by atoms with Crippen molar-refractivity contribution in [1.82, 2.24) is 14.7 Å². The van der Waals surface area contributed by atoms with Gasteiger partial charge in [-0.25, -0.2) is 0 Å². The zero-order valence-electron chi connectivity index (χ0n) is 17.6. The number of piperazine rings is 2. The van der Waals surface area contributed by atoms with Crippen LogP contribution in [0.3, 0.4) is 0 Å². The minimum absolute atomic E-state index is 0.108. The summed E-state index contributed by atoms with van der Waals surface area (Å²) in [6.45, 7) is 2.14. The van der Waals surface area contributed by atoms with Gasteiger partial charge < -0.3 is 19.4 Å². The van der Waals surface area contributed by atoms with Crippen LogP contribution in [0.15, 0.2) is 47.2 Å². The first-order valence-electron chi connectivity index (χ1n) is 10.5. The summed E-state index contributed by atoms with van der Waals surface area (Å²) in [5.74, 6) is -0.365. The van der Waals surface area contributed by atoms with E-state index in [1.807, 2.05) is 47.2 Å². The van der Waals surface area contributed by atoms with Gasteiger partial charge in [-0.1, -0.05) is 30.3 Å². The lowest BCUT2D eigenvalue weighted by Gasteiger charge is -2.49. The molecule has 2 atom stereocenters. The minimum atomic E-state index is -0.628.